The molecule has 1 rings (SSSR count). The summed E-state index contributed by atoms with van der Waals surface area (Å²) in [7, 11) is 0. The molecule has 0 spiro atoms. The third-order valence-corrected chi connectivity index (χ3v) is 2.18. The highest BCUT2D eigenvalue weighted by Crippen LogP contribution is 2.13. The molecule has 1 heterocycles. The zero-order chi connectivity index (χ0) is 10.8. The molecule has 1 atom stereocenters. The molecule has 3 N–H and O–H groups in total. The van der Waals surface area contributed by atoms with Crippen molar-refractivity contribution in [2.75, 3.05) is 6.54 Å². The van der Waals surface area contributed by atoms with Crippen molar-refractivity contribution in [3.8, 4) is 0 Å². The highest BCUT2D eigenvalue weighted by Gasteiger charge is 2.22. The van der Waals surface area contributed by atoms with Crippen LogP contribution >= 0.6 is 0 Å². The van der Waals surface area contributed by atoms with E-state index in [1.165, 1.54) is 0 Å². The maximum absolute atomic E-state index is 9.80. The molecule has 1 aromatic rings. The van der Waals surface area contributed by atoms with Crippen molar-refractivity contribution in [3.05, 3.63) is 12.2 Å². The van der Waals surface area contributed by atoms with Crippen molar-refractivity contribution in [1.82, 2.24) is 14.8 Å². The molecule has 0 aromatic carbocycles. The van der Waals surface area contributed by atoms with E-state index in [2.05, 4.69) is 10.2 Å². The number of aliphatic hydroxyl groups is 1. The second-order valence-corrected chi connectivity index (χ2v) is 4.13. The number of aromatic nitrogens is 3. The van der Waals surface area contributed by atoms with Crippen molar-refractivity contribution in [2.24, 2.45) is 5.73 Å². The van der Waals surface area contributed by atoms with Gasteiger partial charge in [0.15, 0.2) is 0 Å². The lowest BCUT2D eigenvalue weighted by Crippen LogP contribution is -2.37. The summed E-state index contributed by atoms with van der Waals surface area (Å²) in [6, 6.07) is 0.300. The number of nitrogens with two attached hydrogens (primary N) is 1. The summed E-state index contributed by atoms with van der Waals surface area (Å²) in [4.78, 5) is 0. The van der Waals surface area contributed by atoms with Gasteiger partial charge in [-0.05, 0) is 20.8 Å². The van der Waals surface area contributed by atoms with Gasteiger partial charge in [-0.25, -0.2) is 0 Å². The zero-order valence-corrected chi connectivity index (χ0v) is 8.94. The standard InChI is InChI=1S/C9H18N4O/c1-7(2)13-6-11-12-8(13)4-9(3,14)5-10/h6-7,14H,4-5,10H2,1-3H3. The molecule has 80 valence electrons. The number of hydrogen-bond acceptors (Lipinski definition) is 4. The Labute approximate surface area is 83.9 Å². The maximum atomic E-state index is 9.80. The van der Waals surface area contributed by atoms with Crippen LogP contribution in [0.4, 0.5) is 0 Å². The van der Waals surface area contributed by atoms with E-state index < -0.39 is 5.60 Å². The van der Waals surface area contributed by atoms with Crippen LogP contribution in [0.25, 0.3) is 0 Å². The Morgan fingerprint density at radius 1 is 1.64 bits per heavy atom. The minimum Gasteiger partial charge on any atom is -0.388 e. The lowest BCUT2D eigenvalue weighted by molar-refractivity contribution is 0.0663. The minimum absolute atomic E-state index is 0.220. The van der Waals surface area contributed by atoms with Crippen LogP contribution in [-0.2, 0) is 6.42 Å². The van der Waals surface area contributed by atoms with Gasteiger partial charge in [0, 0.05) is 19.0 Å². The molecule has 0 bridgehead atoms. The van der Waals surface area contributed by atoms with Crippen molar-refractivity contribution in [2.45, 2.75) is 38.8 Å². The quantitative estimate of drug-likeness (QED) is 0.720. The van der Waals surface area contributed by atoms with Crippen LogP contribution in [0, 0.1) is 0 Å². The summed E-state index contributed by atoms with van der Waals surface area (Å²) in [5.41, 5.74) is 4.54. The van der Waals surface area contributed by atoms with E-state index in [0.717, 1.165) is 5.82 Å². The molecule has 0 fully saturated rings. The molecule has 5 nitrogen and oxygen atoms in total. The molecule has 0 saturated heterocycles. The van der Waals surface area contributed by atoms with Crippen molar-refractivity contribution in [3.63, 3.8) is 0 Å². The highest BCUT2D eigenvalue weighted by molar-refractivity contribution is 4.95. The SMILES string of the molecule is CC(C)n1cnnc1CC(C)(O)CN. The van der Waals surface area contributed by atoms with Crippen LogP contribution in [0.3, 0.4) is 0 Å². The second kappa shape index (κ2) is 4.06. The topological polar surface area (TPSA) is 77.0 Å². The fraction of sp³-hybridized carbons (Fsp3) is 0.778. The summed E-state index contributed by atoms with van der Waals surface area (Å²) >= 11 is 0. The Hall–Kier alpha value is -0.940. The lowest BCUT2D eigenvalue weighted by Gasteiger charge is -2.21. The van der Waals surface area contributed by atoms with Gasteiger partial charge in [0.05, 0.1) is 5.60 Å². The summed E-state index contributed by atoms with van der Waals surface area (Å²) in [5.74, 6) is 0.774. The van der Waals surface area contributed by atoms with Gasteiger partial charge < -0.3 is 15.4 Å². The van der Waals surface area contributed by atoms with E-state index in [1.54, 1.807) is 13.3 Å². The van der Waals surface area contributed by atoms with E-state index in [9.17, 15) is 5.11 Å². The molecule has 0 aliphatic heterocycles. The molecule has 0 amide bonds. The Morgan fingerprint density at radius 3 is 2.79 bits per heavy atom. The highest BCUT2D eigenvalue weighted by atomic mass is 16.3. The van der Waals surface area contributed by atoms with Crippen LogP contribution in [-0.4, -0.2) is 32.0 Å². The molecule has 0 aliphatic rings. The summed E-state index contributed by atoms with van der Waals surface area (Å²) in [6.07, 6.45) is 2.11. The molecule has 0 radical (unpaired) electrons. The smallest absolute Gasteiger partial charge is 0.135 e. The first kappa shape index (κ1) is 11.1. The third kappa shape index (κ3) is 2.52. The van der Waals surface area contributed by atoms with Gasteiger partial charge >= 0.3 is 0 Å². The Bertz CT molecular complexity index is 293. The summed E-state index contributed by atoms with van der Waals surface area (Å²) < 4.78 is 1.93. The third-order valence-electron chi connectivity index (χ3n) is 2.18. The van der Waals surface area contributed by atoms with Crippen molar-refractivity contribution >= 4 is 0 Å². The first-order chi connectivity index (χ1) is 6.46. The normalized spacial score (nSPS) is 15.9. The van der Waals surface area contributed by atoms with Crippen molar-refractivity contribution < 1.29 is 5.11 Å². The fourth-order valence-electron chi connectivity index (χ4n) is 1.24. The van der Waals surface area contributed by atoms with Gasteiger partial charge in [0.1, 0.15) is 12.2 Å². The molecule has 5 heteroatoms. The zero-order valence-electron chi connectivity index (χ0n) is 8.94. The lowest BCUT2D eigenvalue weighted by atomic mass is 10.0. The Kier molecular flexibility index (Phi) is 3.23. The first-order valence-corrected chi connectivity index (χ1v) is 4.77. The van der Waals surface area contributed by atoms with Crippen LogP contribution in [0.2, 0.25) is 0 Å². The van der Waals surface area contributed by atoms with Crippen molar-refractivity contribution in [1.29, 1.82) is 0 Å². The van der Waals surface area contributed by atoms with E-state index in [1.807, 2.05) is 18.4 Å². The van der Waals surface area contributed by atoms with Gasteiger partial charge in [-0.1, -0.05) is 0 Å². The first-order valence-electron chi connectivity index (χ1n) is 4.77. The molecule has 1 unspecified atom stereocenters. The van der Waals surface area contributed by atoms with E-state index in [-0.39, 0.29) is 6.54 Å². The predicted octanol–water partition coefficient (Wildman–Crippen LogP) is 0.111. The largest absolute Gasteiger partial charge is 0.388 e. The van der Waals surface area contributed by atoms with Gasteiger partial charge in [-0.3, -0.25) is 0 Å². The van der Waals surface area contributed by atoms with Crippen LogP contribution < -0.4 is 5.73 Å². The number of hydrogen-bond donors (Lipinski definition) is 2. The maximum Gasteiger partial charge on any atom is 0.135 e. The monoisotopic (exact) mass is 198 g/mol. The summed E-state index contributed by atoms with van der Waals surface area (Å²) in [6.45, 7) is 6.01. The van der Waals surface area contributed by atoms with E-state index in [4.69, 9.17) is 5.73 Å². The Balaban J connectivity index is 2.81. The molecule has 14 heavy (non-hydrogen) atoms. The molecular weight excluding hydrogens is 180 g/mol. The predicted molar refractivity (Wildman–Crippen MR) is 53.8 cm³/mol. The molecule has 0 aliphatic carbocycles. The molecule has 1 aromatic heterocycles. The van der Waals surface area contributed by atoms with E-state index >= 15 is 0 Å². The van der Waals surface area contributed by atoms with Gasteiger partial charge in [0.2, 0.25) is 0 Å². The van der Waals surface area contributed by atoms with Gasteiger partial charge in [0.25, 0.3) is 0 Å². The van der Waals surface area contributed by atoms with Gasteiger partial charge in [-0.2, -0.15) is 0 Å². The van der Waals surface area contributed by atoms with Crippen LogP contribution in [0.5, 0.6) is 0 Å². The van der Waals surface area contributed by atoms with Gasteiger partial charge in [-0.15, -0.1) is 10.2 Å². The number of rotatable bonds is 4. The Morgan fingerprint density at radius 2 is 2.29 bits per heavy atom. The average Bonchev–Trinajstić information content (AvgIpc) is 2.51. The fourth-order valence-corrected chi connectivity index (χ4v) is 1.24. The van der Waals surface area contributed by atoms with Crippen LogP contribution in [0.1, 0.15) is 32.6 Å². The number of nitrogens with zero attached hydrogens (tertiary/aromatic N) is 3. The minimum atomic E-state index is -0.903. The molecule has 0 saturated carbocycles. The molecular formula is C9H18N4O. The summed E-state index contributed by atoms with van der Waals surface area (Å²) in [5, 5.41) is 17.6. The van der Waals surface area contributed by atoms with Crippen LogP contribution in [0.15, 0.2) is 6.33 Å². The van der Waals surface area contributed by atoms with E-state index in [0.29, 0.717) is 12.5 Å². The average molecular weight is 198 g/mol. The second-order valence-electron chi connectivity index (χ2n) is 4.13.